The number of carbonyl (C=O) groups excluding carboxylic acids is 2. The van der Waals surface area contributed by atoms with Gasteiger partial charge < -0.3 is 26.1 Å². The average molecular weight is 544 g/mol. The molecule has 2 aromatic heterocycles. The van der Waals surface area contributed by atoms with E-state index in [-0.39, 0.29) is 18.4 Å². The summed E-state index contributed by atoms with van der Waals surface area (Å²) in [6.45, 7) is 5.17. The second kappa shape index (κ2) is 11.0. The topological polar surface area (TPSA) is 148 Å². The fraction of sp³-hybridized carbons (Fsp3) is 0.240. The molecule has 1 unspecified atom stereocenters. The smallest absolute Gasteiger partial charge is 0.408 e. The summed E-state index contributed by atoms with van der Waals surface area (Å²) in [5, 5.41) is 6.79. The molecule has 0 saturated heterocycles. The molecular formula is C25H27Cl2N7O3. The van der Waals surface area contributed by atoms with Gasteiger partial charge in [-0.2, -0.15) is 0 Å². The lowest BCUT2D eigenvalue weighted by Crippen LogP contribution is -2.40. The molecule has 0 aliphatic carbocycles. The van der Waals surface area contributed by atoms with Crippen LogP contribution in [-0.2, 0) is 9.53 Å². The monoisotopic (exact) mass is 543 g/mol. The molecule has 0 spiro atoms. The molecule has 0 aliphatic rings. The lowest BCUT2D eigenvalue weighted by Gasteiger charge is -2.23. The zero-order valence-electron chi connectivity index (χ0n) is 19.6. The Morgan fingerprint density at radius 3 is 2.54 bits per heavy atom. The normalized spacial score (nSPS) is 11.9. The third kappa shape index (κ3) is 6.66. The van der Waals surface area contributed by atoms with Gasteiger partial charge in [-0.25, -0.2) is 19.7 Å². The van der Waals surface area contributed by atoms with Crippen molar-refractivity contribution >= 4 is 57.7 Å². The van der Waals surface area contributed by atoms with Crippen LogP contribution in [0.3, 0.4) is 0 Å². The number of carbonyl (C=O) groups is 2. The van der Waals surface area contributed by atoms with E-state index in [1.54, 1.807) is 57.2 Å². The number of nitrogens with zero attached hydrogens (tertiary/aromatic N) is 3. The lowest BCUT2D eigenvalue weighted by molar-refractivity contribution is -0.118. The number of ether oxygens (including phenoxy) is 1. The summed E-state index contributed by atoms with van der Waals surface area (Å²) in [5.41, 5.74) is 7.57. The highest BCUT2D eigenvalue weighted by molar-refractivity contribution is 6.34. The summed E-state index contributed by atoms with van der Waals surface area (Å²) in [6.07, 6.45) is 2.06. The Hall–Kier alpha value is -3.89. The Morgan fingerprint density at radius 2 is 1.86 bits per heavy atom. The first-order valence-electron chi connectivity index (χ1n) is 10.8. The Labute approximate surface area is 224 Å². The summed E-state index contributed by atoms with van der Waals surface area (Å²) in [5.74, 6) is -0.486. The van der Waals surface area contributed by atoms with E-state index in [2.05, 4.69) is 30.6 Å². The second-order valence-corrected chi connectivity index (χ2v) is 9.71. The quantitative estimate of drug-likeness (QED) is 0.250. The predicted molar refractivity (Wildman–Crippen MR) is 145 cm³/mol. The van der Waals surface area contributed by atoms with Crippen LogP contribution in [0.4, 0.5) is 16.4 Å². The van der Waals surface area contributed by atoms with Crippen molar-refractivity contribution in [1.82, 2.24) is 25.3 Å². The van der Waals surface area contributed by atoms with Crippen LogP contribution < -0.4 is 16.4 Å². The van der Waals surface area contributed by atoms with Crippen molar-refractivity contribution in [2.75, 3.05) is 11.1 Å². The van der Waals surface area contributed by atoms with Gasteiger partial charge in [0.25, 0.3) is 5.91 Å². The number of hydrogen-bond acceptors (Lipinski definition) is 7. The number of nitrogen functional groups attached to an aromatic ring is 1. The van der Waals surface area contributed by atoms with Crippen molar-refractivity contribution in [1.29, 1.82) is 0 Å². The van der Waals surface area contributed by atoms with Gasteiger partial charge in [-0.05, 0) is 51.1 Å². The number of benzene rings is 2. The number of aromatic nitrogens is 4. The van der Waals surface area contributed by atoms with Gasteiger partial charge in [0.05, 0.1) is 40.1 Å². The van der Waals surface area contributed by atoms with Crippen LogP contribution in [0.1, 0.15) is 39.9 Å². The van der Waals surface area contributed by atoms with E-state index in [1.165, 1.54) is 12.5 Å². The standard InChI is InChI=1S/C24H23Cl2N7O3.CH4/c1-24(2,3)36-23(35)33-20(18-10-28-11-29-18)21(34)30-17-8-12(4-6-15(17)26)19-14-9-13(25)5-7-16(14)31-22(27)32-19;/h4-11,20H,1-3H3,(H,28,29)(H,30,34)(H,33,35)(H2,27,31,32);1H4. The number of fused-ring (bicyclic) bond motifs is 1. The fourth-order valence-electron chi connectivity index (χ4n) is 3.45. The van der Waals surface area contributed by atoms with Gasteiger partial charge in [-0.3, -0.25) is 4.79 Å². The second-order valence-electron chi connectivity index (χ2n) is 8.86. The van der Waals surface area contributed by atoms with Crippen LogP contribution in [0.15, 0.2) is 48.9 Å². The molecule has 10 nitrogen and oxygen atoms in total. The highest BCUT2D eigenvalue weighted by atomic mass is 35.5. The summed E-state index contributed by atoms with van der Waals surface area (Å²) in [6, 6.07) is 9.07. The van der Waals surface area contributed by atoms with Crippen LogP contribution >= 0.6 is 23.2 Å². The maximum Gasteiger partial charge on any atom is 0.408 e. The molecule has 5 N–H and O–H groups in total. The molecule has 2 aromatic carbocycles. The van der Waals surface area contributed by atoms with Crippen molar-refractivity contribution < 1.29 is 14.3 Å². The van der Waals surface area contributed by atoms with E-state index in [1.807, 2.05) is 0 Å². The minimum atomic E-state index is -1.13. The number of halogens is 2. The number of rotatable bonds is 5. The minimum Gasteiger partial charge on any atom is -0.444 e. The summed E-state index contributed by atoms with van der Waals surface area (Å²) < 4.78 is 5.30. The molecule has 2 heterocycles. The number of anilines is 2. The van der Waals surface area contributed by atoms with E-state index in [0.29, 0.717) is 38.6 Å². The molecule has 194 valence electrons. The lowest BCUT2D eigenvalue weighted by atomic mass is 10.1. The molecule has 37 heavy (non-hydrogen) atoms. The van der Waals surface area contributed by atoms with Crippen molar-refractivity contribution in [3.8, 4) is 11.3 Å². The van der Waals surface area contributed by atoms with E-state index in [9.17, 15) is 9.59 Å². The fourth-order valence-corrected chi connectivity index (χ4v) is 3.78. The first-order valence-corrected chi connectivity index (χ1v) is 11.6. The zero-order valence-corrected chi connectivity index (χ0v) is 21.1. The average Bonchev–Trinajstić information content (AvgIpc) is 3.32. The summed E-state index contributed by atoms with van der Waals surface area (Å²) in [7, 11) is 0. The molecule has 2 amide bonds. The molecule has 1 atom stereocenters. The van der Waals surface area contributed by atoms with Crippen molar-refractivity contribution in [2.24, 2.45) is 0 Å². The van der Waals surface area contributed by atoms with Crippen molar-refractivity contribution in [2.45, 2.75) is 39.8 Å². The van der Waals surface area contributed by atoms with E-state index < -0.39 is 23.6 Å². The number of H-pyrrole nitrogens is 1. The van der Waals surface area contributed by atoms with Gasteiger partial charge in [0.2, 0.25) is 5.95 Å². The summed E-state index contributed by atoms with van der Waals surface area (Å²) >= 11 is 12.6. The van der Waals surface area contributed by atoms with Gasteiger partial charge in [-0.1, -0.05) is 36.7 Å². The molecule has 0 fully saturated rings. The minimum absolute atomic E-state index is 0. The van der Waals surface area contributed by atoms with Gasteiger partial charge in [0.15, 0.2) is 6.04 Å². The Morgan fingerprint density at radius 1 is 1.11 bits per heavy atom. The molecule has 4 rings (SSSR count). The first kappa shape index (κ1) is 27.7. The number of aromatic amines is 1. The largest absolute Gasteiger partial charge is 0.444 e. The predicted octanol–water partition coefficient (Wildman–Crippen LogP) is 5.75. The number of nitrogens with one attached hydrogen (secondary N) is 3. The Bertz CT molecular complexity index is 1440. The van der Waals surface area contributed by atoms with E-state index in [4.69, 9.17) is 33.7 Å². The van der Waals surface area contributed by atoms with E-state index in [0.717, 1.165) is 0 Å². The van der Waals surface area contributed by atoms with Crippen molar-refractivity contribution in [3.05, 3.63) is 64.7 Å². The number of imidazole rings is 1. The van der Waals surface area contributed by atoms with Gasteiger partial charge in [-0.15, -0.1) is 0 Å². The van der Waals surface area contributed by atoms with Crippen LogP contribution in [0, 0.1) is 0 Å². The molecule has 0 aliphatic heterocycles. The highest BCUT2D eigenvalue weighted by Crippen LogP contribution is 2.33. The van der Waals surface area contributed by atoms with Crippen LogP contribution in [0.2, 0.25) is 10.0 Å². The molecule has 0 bridgehead atoms. The maximum absolute atomic E-state index is 13.3. The Kier molecular flexibility index (Phi) is 8.25. The number of nitrogens with two attached hydrogens (primary N) is 1. The number of amides is 2. The van der Waals surface area contributed by atoms with Gasteiger partial charge >= 0.3 is 6.09 Å². The zero-order chi connectivity index (χ0) is 26.0. The SMILES string of the molecule is C.CC(C)(C)OC(=O)NC(C(=O)Nc1cc(-c2nc(N)nc3ccc(Cl)cc23)ccc1Cl)c1cnc[nH]1. The first-order chi connectivity index (χ1) is 17.0. The highest BCUT2D eigenvalue weighted by Gasteiger charge is 2.27. The maximum atomic E-state index is 13.3. The number of hydrogen-bond donors (Lipinski definition) is 4. The van der Waals surface area contributed by atoms with Crippen LogP contribution in [0.5, 0.6) is 0 Å². The summed E-state index contributed by atoms with van der Waals surface area (Å²) in [4.78, 5) is 41.1. The molecule has 0 radical (unpaired) electrons. The van der Waals surface area contributed by atoms with Gasteiger partial charge in [0.1, 0.15) is 5.60 Å². The third-order valence-corrected chi connectivity index (χ3v) is 5.49. The third-order valence-electron chi connectivity index (χ3n) is 4.93. The number of alkyl carbamates (subject to hydrolysis) is 1. The molecule has 12 heteroatoms. The molecule has 4 aromatic rings. The van der Waals surface area contributed by atoms with Gasteiger partial charge in [0, 0.05) is 16.0 Å². The van der Waals surface area contributed by atoms with Crippen LogP contribution in [-0.4, -0.2) is 37.5 Å². The van der Waals surface area contributed by atoms with E-state index >= 15 is 0 Å². The molecule has 0 saturated carbocycles. The Balaban J connectivity index is 0.00000380. The van der Waals surface area contributed by atoms with Crippen molar-refractivity contribution in [3.63, 3.8) is 0 Å². The van der Waals surface area contributed by atoms with Crippen LogP contribution in [0.25, 0.3) is 22.2 Å². The molecular weight excluding hydrogens is 517 g/mol.